The van der Waals surface area contributed by atoms with E-state index in [1.165, 1.54) is 6.20 Å². The van der Waals surface area contributed by atoms with Crippen molar-refractivity contribution in [3.63, 3.8) is 0 Å². The quantitative estimate of drug-likeness (QED) is 0.715. The normalized spacial score (nSPS) is 10.5. The highest BCUT2D eigenvalue weighted by Gasteiger charge is 2.12. The summed E-state index contributed by atoms with van der Waals surface area (Å²) in [4.78, 5) is 15.5. The molecular weight excluding hydrogens is 320 g/mol. The molecule has 6 nitrogen and oxygen atoms in total. The van der Waals surface area contributed by atoms with E-state index in [2.05, 4.69) is 10.3 Å². The van der Waals surface area contributed by atoms with Gasteiger partial charge in [0.05, 0.1) is 31.0 Å². The van der Waals surface area contributed by atoms with Crippen molar-refractivity contribution in [2.75, 3.05) is 19.5 Å². The van der Waals surface area contributed by atoms with Crippen molar-refractivity contribution in [2.45, 2.75) is 6.54 Å². The van der Waals surface area contributed by atoms with Gasteiger partial charge in [0, 0.05) is 18.1 Å². The lowest BCUT2D eigenvalue weighted by atomic mass is 10.1. The molecule has 128 valence electrons. The number of carboxylic acid groups (broad SMARTS) is 1. The minimum Gasteiger partial charge on any atom is -0.497 e. The van der Waals surface area contributed by atoms with Crippen LogP contribution in [0.1, 0.15) is 15.9 Å². The second-order valence-electron chi connectivity index (χ2n) is 5.44. The van der Waals surface area contributed by atoms with Crippen LogP contribution in [0.2, 0.25) is 0 Å². The molecule has 0 spiro atoms. The van der Waals surface area contributed by atoms with Crippen LogP contribution in [0.5, 0.6) is 11.5 Å². The molecule has 0 aliphatic rings. The summed E-state index contributed by atoms with van der Waals surface area (Å²) >= 11 is 0. The average Bonchev–Trinajstić information content (AvgIpc) is 2.65. The summed E-state index contributed by atoms with van der Waals surface area (Å²) in [6.07, 6.45) is 1.35. The molecule has 0 aliphatic carbocycles. The monoisotopic (exact) mass is 338 g/mol. The largest absolute Gasteiger partial charge is 0.497 e. The zero-order valence-corrected chi connectivity index (χ0v) is 13.9. The van der Waals surface area contributed by atoms with E-state index in [1.807, 2.05) is 30.3 Å². The number of fused-ring (bicyclic) bond motifs is 1. The van der Waals surface area contributed by atoms with Gasteiger partial charge in [-0.2, -0.15) is 0 Å². The van der Waals surface area contributed by atoms with E-state index in [0.29, 0.717) is 23.2 Å². The Morgan fingerprint density at radius 1 is 1.12 bits per heavy atom. The molecule has 0 amide bonds. The molecule has 2 N–H and O–H groups in total. The lowest BCUT2D eigenvalue weighted by molar-refractivity contribution is 0.0696. The first-order valence-electron chi connectivity index (χ1n) is 7.69. The topological polar surface area (TPSA) is 80.7 Å². The maximum Gasteiger partial charge on any atom is 0.337 e. The highest BCUT2D eigenvalue weighted by Crippen LogP contribution is 2.31. The van der Waals surface area contributed by atoms with E-state index >= 15 is 0 Å². The van der Waals surface area contributed by atoms with Gasteiger partial charge in [0.15, 0.2) is 0 Å². The van der Waals surface area contributed by atoms with E-state index in [1.54, 1.807) is 26.4 Å². The Labute approximate surface area is 145 Å². The number of aromatic carboxylic acids is 1. The van der Waals surface area contributed by atoms with Crippen molar-refractivity contribution < 1.29 is 19.4 Å². The van der Waals surface area contributed by atoms with Crippen LogP contribution in [0.4, 0.5) is 5.69 Å². The molecule has 0 radical (unpaired) electrons. The lowest BCUT2D eigenvalue weighted by Gasteiger charge is -2.12. The first kappa shape index (κ1) is 16.6. The first-order valence-corrected chi connectivity index (χ1v) is 7.69. The van der Waals surface area contributed by atoms with Crippen LogP contribution in [0.15, 0.2) is 48.7 Å². The Morgan fingerprint density at radius 2 is 1.88 bits per heavy atom. The van der Waals surface area contributed by atoms with Gasteiger partial charge in [-0.15, -0.1) is 0 Å². The molecule has 2 aromatic carbocycles. The number of pyridine rings is 1. The molecule has 1 aromatic heterocycles. The van der Waals surface area contributed by atoms with Gasteiger partial charge >= 0.3 is 5.97 Å². The number of ether oxygens (including phenoxy) is 2. The number of benzene rings is 2. The fourth-order valence-corrected chi connectivity index (χ4v) is 2.57. The minimum absolute atomic E-state index is 0.123. The van der Waals surface area contributed by atoms with Crippen molar-refractivity contribution >= 4 is 22.6 Å². The molecule has 3 aromatic rings. The Morgan fingerprint density at radius 3 is 2.52 bits per heavy atom. The predicted molar refractivity (Wildman–Crippen MR) is 95.6 cm³/mol. The van der Waals surface area contributed by atoms with Gasteiger partial charge in [-0.1, -0.05) is 12.1 Å². The Hall–Kier alpha value is -3.28. The molecule has 1 heterocycles. The Bertz CT molecular complexity index is 907. The van der Waals surface area contributed by atoms with Crippen LogP contribution in [-0.2, 0) is 6.54 Å². The number of carbonyl (C=O) groups is 1. The zero-order chi connectivity index (χ0) is 17.8. The summed E-state index contributed by atoms with van der Waals surface area (Å²) in [5, 5.41) is 13.2. The van der Waals surface area contributed by atoms with E-state index in [9.17, 15) is 4.79 Å². The fraction of sp³-hybridized carbons (Fsp3) is 0.158. The number of nitrogens with one attached hydrogen (secondary N) is 1. The molecular formula is C19H18N2O4. The third-order valence-electron chi connectivity index (χ3n) is 3.92. The van der Waals surface area contributed by atoms with Crippen LogP contribution >= 0.6 is 0 Å². The summed E-state index contributed by atoms with van der Waals surface area (Å²) in [6.45, 7) is 0.605. The van der Waals surface area contributed by atoms with Gasteiger partial charge in [-0.25, -0.2) is 4.79 Å². The van der Waals surface area contributed by atoms with Crippen molar-refractivity contribution in [3.8, 4) is 11.5 Å². The SMILES string of the molecule is COc1ccc(CNc2ccc(OC)c3cc(C(=O)O)cnc23)cc1. The maximum atomic E-state index is 11.2. The van der Waals surface area contributed by atoms with Crippen LogP contribution in [0.25, 0.3) is 10.9 Å². The van der Waals surface area contributed by atoms with E-state index in [-0.39, 0.29) is 5.56 Å². The summed E-state index contributed by atoms with van der Waals surface area (Å²) < 4.78 is 10.5. The van der Waals surface area contributed by atoms with E-state index in [4.69, 9.17) is 14.6 Å². The van der Waals surface area contributed by atoms with E-state index in [0.717, 1.165) is 17.0 Å². The Balaban J connectivity index is 1.91. The molecule has 0 atom stereocenters. The summed E-state index contributed by atoms with van der Waals surface area (Å²) in [6, 6.07) is 13.0. The van der Waals surface area contributed by atoms with Crippen molar-refractivity contribution in [3.05, 3.63) is 59.8 Å². The smallest absolute Gasteiger partial charge is 0.337 e. The second-order valence-corrected chi connectivity index (χ2v) is 5.44. The molecule has 0 unspecified atom stereocenters. The number of hydrogen-bond acceptors (Lipinski definition) is 5. The number of aromatic nitrogens is 1. The fourth-order valence-electron chi connectivity index (χ4n) is 2.57. The zero-order valence-electron chi connectivity index (χ0n) is 13.9. The molecule has 0 fully saturated rings. The van der Waals surface area contributed by atoms with Crippen molar-refractivity contribution in [2.24, 2.45) is 0 Å². The summed E-state index contributed by atoms with van der Waals surface area (Å²) in [5.41, 5.74) is 2.69. The first-order chi connectivity index (χ1) is 12.1. The predicted octanol–water partition coefficient (Wildman–Crippen LogP) is 3.56. The number of anilines is 1. The number of carboxylic acids is 1. The molecule has 0 saturated heterocycles. The van der Waals surface area contributed by atoms with Gasteiger partial charge < -0.3 is 19.9 Å². The average molecular weight is 338 g/mol. The number of hydrogen-bond donors (Lipinski definition) is 2. The van der Waals surface area contributed by atoms with Gasteiger partial charge in [-0.05, 0) is 35.9 Å². The summed E-state index contributed by atoms with van der Waals surface area (Å²) in [5.74, 6) is 0.371. The lowest BCUT2D eigenvalue weighted by Crippen LogP contribution is -2.03. The van der Waals surface area contributed by atoms with Crippen LogP contribution in [0, 0.1) is 0 Å². The second kappa shape index (κ2) is 7.09. The van der Waals surface area contributed by atoms with Gasteiger partial charge in [0.2, 0.25) is 0 Å². The van der Waals surface area contributed by atoms with Gasteiger partial charge in [0.1, 0.15) is 11.5 Å². The standard InChI is InChI=1S/C19H18N2O4/c1-24-14-5-3-12(4-6-14)10-20-16-7-8-17(25-2)15-9-13(19(22)23)11-21-18(15)16/h3-9,11,20H,10H2,1-2H3,(H,22,23). The maximum absolute atomic E-state index is 11.2. The molecule has 0 aliphatic heterocycles. The molecule has 3 rings (SSSR count). The van der Waals surface area contributed by atoms with Gasteiger partial charge in [0.25, 0.3) is 0 Å². The molecule has 6 heteroatoms. The minimum atomic E-state index is -1.02. The van der Waals surface area contributed by atoms with Crippen LogP contribution in [-0.4, -0.2) is 30.3 Å². The molecule has 0 saturated carbocycles. The third-order valence-corrected chi connectivity index (χ3v) is 3.92. The van der Waals surface area contributed by atoms with Crippen molar-refractivity contribution in [1.82, 2.24) is 4.98 Å². The number of nitrogens with zero attached hydrogens (tertiary/aromatic N) is 1. The highest BCUT2D eigenvalue weighted by molar-refractivity contribution is 5.99. The van der Waals surface area contributed by atoms with E-state index < -0.39 is 5.97 Å². The van der Waals surface area contributed by atoms with Crippen LogP contribution in [0.3, 0.4) is 0 Å². The van der Waals surface area contributed by atoms with Gasteiger partial charge in [-0.3, -0.25) is 4.98 Å². The van der Waals surface area contributed by atoms with Crippen molar-refractivity contribution in [1.29, 1.82) is 0 Å². The number of methoxy groups -OCH3 is 2. The molecule has 0 bridgehead atoms. The molecule has 25 heavy (non-hydrogen) atoms. The number of rotatable bonds is 6. The third kappa shape index (κ3) is 3.47. The van der Waals surface area contributed by atoms with Crippen LogP contribution < -0.4 is 14.8 Å². The Kier molecular flexibility index (Phi) is 4.70. The summed E-state index contributed by atoms with van der Waals surface area (Å²) in [7, 11) is 3.18. The highest BCUT2D eigenvalue weighted by atomic mass is 16.5.